The summed E-state index contributed by atoms with van der Waals surface area (Å²) in [5.74, 6) is 0. The standard InChI is InChI=1S/C17H29N3O3/c21-16(13-22-14-17-6-3-10-23-17)12-19-8-2-1-5-15(19)11-20-9-4-7-18-20/h4,7,9,15-17,21H,1-3,5-6,8,10-14H2/t15-,16-,17+/m0/s1. The molecule has 0 spiro atoms. The molecule has 3 heterocycles. The van der Waals surface area contributed by atoms with Crippen molar-refractivity contribution in [3.8, 4) is 0 Å². The molecule has 23 heavy (non-hydrogen) atoms. The molecule has 1 aromatic rings. The minimum atomic E-state index is -0.436. The van der Waals surface area contributed by atoms with Gasteiger partial charge >= 0.3 is 0 Å². The number of ether oxygens (including phenoxy) is 2. The molecule has 0 saturated carbocycles. The third-order valence-electron chi connectivity index (χ3n) is 4.79. The Balaban J connectivity index is 1.40. The van der Waals surface area contributed by atoms with E-state index in [0.29, 0.717) is 25.8 Å². The lowest BCUT2D eigenvalue weighted by atomic mass is 10.0. The minimum absolute atomic E-state index is 0.227. The Morgan fingerprint density at radius 3 is 3.04 bits per heavy atom. The number of hydrogen-bond acceptors (Lipinski definition) is 5. The number of aromatic nitrogens is 2. The maximum atomic E-state index is 10.3. The van der Waals surface area contributed by atoms with Gasteiger partial charge in [-0.05, 0) is 38.3 Å². The second kappa shape index (κ2) is 8.78. The molecule has 0 unspecified atom stereocenters. The third-order valence-corrected chi connectivity index (χ3v) is 4.79. The maximum absolute atomic E-state index is 10.3. The predicted molar refractivity (Wildman–Crippen MR) is 87.2 cm³/mol. The summed E-state index contributed by atoms with van der Waals surface area (Å²) >= 11 is 0. The monoisotopic (exact) mass is 323 g/mol. The molecular weight excluding hydrogens is 294 g/mol. The number of hydrogen-bond donors (Lipinski definition) is 1. The highest BCUT2D eigenvalue weighted by Gasteiger charge is 2.25. The van der Waals surface area contributed by atoms with Gasteiger partial charge < -0.3 is 14.6 Å². The van der Waals surface area contributed by atoms with Crippen molar-refractivity contribution in [3.05, 3.63) is 18.5 Å². The van der Waals surface area contributed by atoms with Crippen molar-refractivity contribution in [1.29, 1.82) is 0 Å². The number of aliphatic hydroxyl groups is 1. The van der Waals surface area contributed by atoms with E-state index in [0.717, 1.165) is 32.5 Å². The summed E-state index contributed by atoms with van der Waals surface area (Å²) in [4.78, 5) is 2.39. The average Bonchev–Trinajstić information content (AvgIpc) is 3.23. The van der Waals surface area contributed by atoms with Crippen LogP contribution in [0.25, 0.3) is 0 Å². The molecule has 0 aromatic carbocycles. The maximum Gasteiger partial charge on any atom is 0.0900 e. The molecule has 6 heteroatoms. The first-order valence-corrected chi connectivity index (χ1v) is 8.90. The summed E-state index contributed by atoms with van der Waals surface area (Å²) in [5, 5.41) is 14.6. The lowest BCUT2D eigenvalue weighted by Crippen LogP contribution is -2.46. The molecule has 3 atom stereocenters. The molecular formula is C17H29N3O3. The first-order chi connectivity index (χ1) is 11.3. The molecule has 2 fully saturated rings. The first kappa shape index (κ1) is 16.9. The second-order valence-electron chi connectivity index (χ2n) is 6.70. The molecule has 1 N–H and O–H groups in total. The van der Waals surface area contributed by atoms with Crippen LogP contribution in [0.1, 0.15) is 32.1 Å². The van der Waals surface area contributed by atoms with Gasteiger partial charge in [0.15, 0.2) is 0 Å². The smallest absolute Gasteiger partial charge is 0.0900 e. The van der Waals surface area contributed by atoms with E-state index in [-0.39, 0.29) is 6.10 Å². The van der Waals surface area contributed by atoms with Crippen LogP contribution in [-0.2, 0) is 16.0 Å². The number of nitrogens with zero attached hydrogens (tertiary/aromatic N) is 3. The van der Waals surface area contributed by atoms with E-state index < -0.39 is 6.10 Å². The highest BCUT2D eigenvalue weighted by molar-refractivity contribution is 4.83. The summed E-state index contributed by atoms with van der Waals surface area (Å²) in [6.45, 7) is 4.47. The summed E-state index contributed by atoms with van der Waals surface area (Å²) < 4.78 is 13.2. The topological polar surface area (TPSA) is 59.8 Å². The van der Waals surface area contributed by atoms with Crippen LogP contribution in [0.5, 0.6) is 0 Å². The Labute approximate surface area is 138 Å². The second-order valence-corrected chi connectivity index (χ2v) is 6.70. The summed E-state index contributed by atoms with van der Waals surface area (Å²) in [6, 6.07) is 2.41. The number of piperidine rings is 1. The van der Waals surface area contributed by atoms with Gasteiger partial charge in [0.25, 0.3) is 0 Å². The van der Waals surface area contributed by atoms with Crippen LogP contribution in [0.3, 0.4) is 0 Å². The molecule has 1 aromatic heterocycles. The summed E-state index contributed by atoms with van der Waals surface area (Å²) in [5.41, 5.74) is 0. The Hall–Kier alpha value is -0.950. The van der Waals surface area contributed by atoms with Crippen LogP contribution < -0.4 is 0 Å². The molecule has 0 bridgehead atoms. The lowest BCUT2D eigenvalue weighted by molar-refractivity contribution is -0.0322. The average molecular weight is 323 g/mol. The zero-order valence-electron chi connectivity index (χ0n) is 13.8. The van der Waals surface area contributed by atoms with Gasteiger partial charge in [-0.2, -0.15) is 5.10 Å². The fraction of sp³-hybridized carbons (Fsp3) is 0.824. The van der Waals surface area contributed by atoms with E-state index in [4.69, 9.17) is 9.47 Å². The molecule has 0 aliphatic carbocycles. The van der Waals surface area contributed by atoms with Gasteiger partial charge in [-0.3, -0.25) is 9.58 Å². The molecule has 2 aliphatic heterocycles. The van der Waals surface area contributed by atoms with Crippen molar-refractivity contribution in [1.82, 2.24) is 14.7 Å². The molecule has 3 rings (SSSR count). The Bertz CT molecular complexity index is 434. The van der Waals surface area contributed by atoms with E-state index in [1.807, 2.05) is 23.1 Å². The molecule has 6 nitrogen and oxygen atoms in total. The van der Waals surface area contributed by atoms with Crippen molar-refractivity contribution in [3.63, 3.8) is 0 Å². The number of rotatable bonds is 8. The van der Waals surface area contributed by atoms with Gasteiger partial charge in [-0.25, -0.2) is 0 Å². The van der Waals surface area contributed by atoms with E-state index in [2.05, 4.69) is 10.00 Å². The zero-order valence-corrected chi connectivity index (χ0v) is 13.8. The largest absolute Gasteiger partial charge is 0.389 e. The Kier molecular flexibility index (Phi) is 6.45. The fourth-order valence-electron chi connectivity index (χ4n) is 3.57. The van der Waals surface area contributed by atoms with E-state index in [1.165, 1.54) is 19.3 Å². The van der Waals surface area contributed by atoms with Crippen LogP contribution in [0.2, 0.25) is 0 Å². The number of aliphatic hydroxyl groups excluding tert-OH is 1. The number of likely N-dealkylation sites (tertiary alicyclic amines) is 1. The Morgan fingerprint density at radius 2 is 2.26 bits per heavy atom. The van der Waals surface area contributed by atoms with Crippen LogP contribution >= 0.6 is 0 Å². The van der Waals surface area contributed by atoms with Crippen LogP contribution in [-0.4, -0.2) is 70.9 Å². The zero-order chi connectivity index (χ0) is 15.9. The summed E-state index contributed by atoms with van der Waals surface area (Å²) in [7, 11) is 0. The van der Waals surface area contributed by atoms with E-state index >= 15 is 0 Å². The van der Waals surface area contributed by atoms with Gasteiger partial charge in [0, 0.05) is 31.6 Å². The van der Waals surface area contributed by atoms with Crippen molar-refractivity contribution < 1.29 is 14.6 Å². The lowest BCUT2D eigenvalue weighted by Gasteiger charge is -2.36. The highest BCUT2D eigenvalue weighted by Crippen LogP contribution is 2.19. The minimum Gasteiger partial charge on any atom is -0.389 e. The fourth-order valence-corrected chi connectivity index (χ4v) is 3.57. The molecule has 0 amide bonds. The van der Waals surface area contributed by atoms with Gasteiger partial charge in [0.2, 0.25) is 0 Å². The van der Waals surface area contributed by atoms with E-state index in [9.17, 15) is 5.11 Å². The number of β-amino-alcohol motifs (C(OH)–C–C–N with tert-alkyl or cyclic N) is 1. The molecule has 130 valence electrons. The van der Waals surface area contributed by atoms with Crippen molar-refractivity contribution in [2.24, 2.45) is 0 Å². The van der Waals surface area contributed by atoms with Crippen LogP contribution in [0.15, 0.2) is 18.5 Å². The van der Waals surface area contributed by atoms with E-state index in [1.54, 1.807) is 0 Å². The quantitative estimate of drug-likeness (QED) is 0.781. The highest BCUT2D eigenvalue weighted by atomic mass is 16.5. The third kappa shape index (κ3) is 5.28. The Morgan fingerprint density at radius 1 is 1.30 bits per heavy atom. The van der Waals surface area contributed by atoms with Crippen LogP contribution in [0.4, 0.5) is 0 Å². The predicted octanol–water partition coefficient (Wildman–Crippen LogP) is 1.29. The van der Waals surface area contributed by atoms with Gasteiger partial charge in [-0.1, -0.05) is 6.42 Å². The van der Waals surface area contributed by atoms with Crippen molar-refractivity contribution in [2.75, 3.05) is 32.9 Å². The van der Waals surface area contributed by atoms with Crippen molar-refractivity contribution >= 4 is 0 Å². The summed E-state index contributed by atoms with van der Waals surface area (Å²) in [6.07, 6.45) is 9.46. The van der Waals surface area contributed by atoms with Gasteiger partial charge in [0.1, 0.15) is 0 Å². The van der Waals surface area contributed by atoms with Crippen LogP contribution in [0, 0.1) is 0 Å². The molecule has 2 saturated heterocycles. The molecule has 2 aliphatic rings. The normalized spacial score (nSPS) is 27.3. The van der Waals surface area contributed by atoms with Gasteiger partial charge in [0.05, 0.1) is 32.0 Å². The van der Waals surface area contributed by atoms with Gasteiger partial charge in [-0.15, -0.1) is 0 Å². The molecule has 0 radical (unpaired) electrons. The van der Waals surface area contributed by atoms with Crippen molar-refractivity contribution in [2.45, 2.75) is 56.9 Å². The first-order valence-electron chi connectivity index (χ1n) is 8.90. The SMILES string of the molecule is O[C@H](COC[C@H]1CCCO1)CN1CCCC[C@H]1Cn1cccn1.